The van der Waals surface area contributed by atoms with E-state index in [9.17, 15) is 14.7 Å². The number of carbonyl (C=O) groups is 2. The van der Waals surface area contributed by atoms with Gasteiger partial charge in [0.25, 0.3) is 5.91 Å². The first-order valence-corrected chi connectivity index (χ1v) is 8.87. The third-order valence-electron chi connectivity index (χ3n) is 3.50. The zero-order valence-electron chi connectivity index (χ0n) is 13.5. The van der Waals surface area contributed by atoms with Crippen LogP contribution >= 0.6 is 24.0 Å². The number of carboxylic acid groups (broad SMARTS) is 1. The molecule has 1 heterocycles. The number of thiocarbonyl (C=S) groups is 1. The highest BCUT2D eigenvalue weighted by Gasteiger charge is 2.35. The number of benzene rings is 1. The molecule has 0 aromatic heterocycles. The number of unbranched alkanes of at least 4 members (excludes halogenated alkanes) is 1. The van der Waals surface area contributed by atoms with Gasteiger partial charge in [0.2, 0.25) is 0 Å². The summed E-state index contributed by atoms with van der Waals surface area (Å²) < 4.78 is 5.81. The summed E-state index contributed by atoms with van der Waals surface area (Å²) in [7, 11) is 0. The van der Waals surface area contributed by atoms with E-state index in [0.29, 0.717) is 11.5 Å². The Kier molecular flexibility index (Phi) is 6.39. The maximum absolute atomic E-state index is 12.3. The van der Waals surface area contributed by atoms with E-state index in [0.717, 1.165) is 40.8 Å². The quantitative estimate of drug-likeness (QED) is 0.420. The fraction of sp³-hybridized carbons (Fsp3) is 0.353. The number of amides is 1. The van der Waals surface area contributed by atoms with Crippen molar-refractivity contribution in [2.45, 2.75) is 32.7 Å². The fourth-order valence-corrected chi connectivity index (χ4v) is 3.48. The van der Waals surface area contributed by atoms with Crippen molar-refractivity contribution in [2.24, 2.45) is 0 Å². The van der Waals surface area contributed by atoms with Crippen LogP contribution in [0.25, 0.3) is 6.08 Å². The smallest absolute Gasteiger partial charge is 0.266 e. The van der Waals surface area contributed by atoms with Crippen molar-refractivity contribution < 1.29 is 19.4 Å². The highest BCUT2D eigenvalue weighted by Crippen LogP contribution is 2.34. The van der Waals surface area contributed by atoms with Gasteiger partial charge in [0.15, 0.2) is 0 Å². The first kappa shape index (κ1) is 18.5. The fourth-order valence-electron chi connectivity index (χ4n) is 2.07. The Morgan fingerprint density at radius 2 is 2.08 bits per heavy atom. The molecule has 1 aromatic carbocycles. The number of ether oxygens (including phenoxy) is 1. The lowest BCUT2D eigenvalue weighted by molar-refractivity contribution is -0.309. The van der Waals surface area contributed by atoms with E-state index in [4.69, 9.17) is 17.0 Å². The van der Waals surface area contributed by atoms with Crippen LogP contribution in [0.4, 0.5) is 0 Å². The molecule has 1 fully saturated rings. The van der Waals surface area contributed by atoms with Crippen molar-refractivity contribution in [2.75, 3.05) is 6.61 Å². The highest BCUT2D eigenvalue weighted by molar-refractivity contribution is 8.26. The van der Waals surface area contributed by atoms with Gasteiger partial charge in [0.05, 0.1) is 23.5 Å². The van der Waals surface area contributed by atoms with Gasteiger partial charge < -0.3 is 14.6 Å². The van der Waals surface area contributed by atoms with E-state index in [1.54, 1.807) is 6.08 Å². The van der Waals surface area contributed by atoms with E-state index in [2.05, 4.69) is 6.92 Å². The van der Waals surface area contributed by atoms with Gasteiger partial charge in [0, 0.05) is 0 Å². The van der Waals surface area contributed by atoms with Crippen LogP contribution in [0.3, 0.4) is 0 Å². The Labute approximate surface area is 150 Å². The minimum atomic E-state index is -1.33. The minimum Gasteiger partial charge on any atom is -0.548 e. The molecule has 24 heavy (non-hydrogen) atoms. The molecule has 0 unspecified atom stereocenters. The van der Waals surface area contributed by atoms with Gasteiger partial charge in [-0.3, -0.25) is 9.69 Å². The van der Waals surface area contributed by atoms with Gasteiger partial charge in [-0.2, -0.15) is 0 Å². The van der Waals surface area contributed by atoms with Gasteiger partial charge in [-0.05, 0) is 37.1 Å². The topological polar surface area (TPSA) is 69.7 Å². The molecule has 0 bridgehead atoms. The molecule has 1 saturated heterocycles. The first-order chi connectivity index (χ1) is 11.4. The molecule has 5 nitrogen and oxygen atoms in total. The molecule has 0 spiro atoms. The van der Waals surface area contributed by atoms with Crippen LogP contribution in [-0.2, 0) is 9.59 Å². The SMILES string of the molecule is CCCCOc1ccc(/C=C2\SC(=S)N([C@H](C)C(=O)[O-])C2=O)cc1. The predicted molar refractivity (Wildman–Crippen MR) is 96.3 cm³/mol. The van der Waals surface area contributed by atoms with Crippen molar-refractivity contribution in [3.05, 3.63) is 34.7 Å². The number of hydrogen-bond donors (Lipinski definition) is 0. The molecule has 1 aliphatic rings. The molecule has 1 atom stereocenters. The summed E-state index contributed by atoms with van der Waals surface area (Å²) >= 11 is 6.19. The summed E-state index contributed by atoms with van der Waals surface area (Å²) in [5.74, 6) is -0.968. The first-order valence-electron chi connectivity index (χ1n) is 7.64. The summed E-state index contributed by atoms with van der Waals surface area (Å²) in [6.45, 7) is 4.16. The number of aliphatic carboxylic acids is 1. The lowest BCUT2D eigenvalue weighted by atomic mass is 10.2. The molecule has 1 amide bonds. The van der Waals surface area contributed by atoms with Crippen LogP contribution in [0.5, 0.6) is 5.75 Å². The second kappa shape index (κ2) is 8.30. The highest BCUT2D eigenvalue weighted by atomic mass is 32.2. The number of rotatable bonds is 7. The Morgan fingerprint density at radius 1 is 1.42 bits per heavy atom. The van der Waals surface area contributed by atoms with Crippen LogP contribution in [-0.4, -0.2) is 33.7 Å². The number of carbonyl (C=O) groups excluding carboxylic acids is 2. The summed E-state index contributed by atoms with van der Waals surface area (Å²) in [4.78, 5) is 24.8. The van der Waals surface area contributed by atoms with Crippen LogP contribution in [0.2, 0.25) is 0 Å². The van der Waals surface area contributed by atoms with Crippen molar-refractivity contribution in [3.63, 3.8) is 0 Å². The van der Waals surface area contributed by atoms with Crippen LogP contribution in [0.1, 0.15) is 32.3 Å². The molecule has 0 radical (unpaired) electrons. The molecule has 2 rings (SSSR count). The summed E-state index contributed by atoms with van der Waals surface area (Å²) in [5, 5.41) is 11.0. The monoisotopic (exact) mass is 364 g/mol. The average Bonchev–Trinajstić information content (AvgIpc) is 2.82. The van der Waals surface area contributed by atoms with Crippen molar-refractivity contribution in [1.82, 2.24) is 4.90 Å². The maximum Gasteiger partial charge on any atom is 0.266 e. The largest absolute Gasteiger partial charge is 0.548 e. The zero-order chi connectivity index (χ0) is 17.7. The van der Waals surface area contributed by atoms with E-state index >= 15 is 0 Å². The van der Waals surface area contributed by atoms with E-state index in [1.165, 1.54) is 6.92 Å². The van der Waals surface area contributed by atoms with Gasteiger partial charge >= 0.3 is 0 Å². The van der Waals surface area contributed by atoms with Gasteiger partial charge in [0.1, 0.15) is 10.1 Å². The second-order valence-corrected chi connectivity index (χ2v) is 6.99. The van der Waals surface area contributed by atoms with Crippen LogP contribution in [0, 0.1) is 0 Å². The van der Waals surface area contributed by atoms with E-state index < -0.39 is 17.9 Å². The van der Waals surface area contributed by atoms with Gasteiger partial charge in [-0.25, -0.2) is 0 Å². The number of hydrogen-bond acceptors (Lipinski definition) is 6. The molecule has 128 valence electrons. The summed E-state index contributed by atoms with van der Waals surface area (Å²) in [6, 6.07) is 6.28. The summed E-state index contributed by atoms with van der Waals surface area (Å²) in [6.07, 6.45) is 3.77. The van der Waals surface area contributed by atoms with Crippen molar-refractivity contribution >= 4 is 46.3 Å². The Bertz CT molecular complexity index is 670. The van der Waals surface area contributed by atoms with Crippen LogP contribution in [0.15, 0.2) is 29.2 Å². The lowest BCUT2D eigenvalue weighted by Gasteiger charge is -2.23. The second-order valence-electron chi connectivity index (χ2n) is 5.32. The average molecular weight is 364 g/mol. The maximum atomic E-state index is 12.3. The lowest BCUT2D eigenvalue weighted by Crippen LogP contribution is -2.48. The van der Waals surface area contributed by atoms with Crippen LogP contribution < -0.4 is 9.84 Å². The number of carboxylic acids is 1. The summed E-state index contributed by atoms with van der Waals surface area (Å²) in [5.41, 5.74) is 0.819. The van der Waals surface area contributed by atoms with Gasteiger partial charge in [-0.1, -0.05) is 49.5 Å². The minimum absolute atomic E-state index is 0.225. The van der Waals surface area contributed by atoms with Crippen molar-refractivity contribution in [1.29, 1.82) is 0 Å². The third-order valence-corrected chi connectivity index (χ3v) is 4.83. The zero-order valence-corrected chi connectivity index (χ0v) is 15.1. The Balaban J connectivity index is 2.10. The Hall–Kier alpha value is -1.86. The molecular weight excluding hydrogens is 346 g/mol. The molecular formula is C17H18NO4S2-. The van der Waals surface area contributed by atoms with Gasteiger partial charge in [-0.15, -0.1) is 0 Å². The number of thioether (sulfide) groups is 1. The molecule has 1 aliphatic heterocycles. The molecule has 0 N–H and O–H groups in total. The van der Waals surface area contributed by atoms with E-state index in [1.807, 2.05) is 24.3 Å². The molecule has 0 saturated carbocycles. The molecule has 7 heteroatoms. The predicted octanol–water partition coefficient (Wildman–Crippen LogP) is 2.21. The molecule has 0 aliphatic carbocycles. The standard InChI is InChI=1S/C17H19NO4S2/c1-3-4-9-22-13-7-5-12(6-8-13)10-14-15(19)18(17(23)24-14)11(2)16(20)21/h5-8,10-11H,3-4,9H2,1-2H3,(H,20,21)/p-1/b14-10-/t11-/m1/s1. The Morgan fingerprint density at radius 3 is 2.67 bits per heavy atom. The number of nitrogens with zero attached hydrogens (tertiary/aromatic N) is 1. The van der Waals surface area contributed by atoms with Crippen molar-refractivity contribution in [3.8, 4) is 5.75 Å². The normalized spacial score (nSPS) is 17.4. The van der Waals surface area contributed by atoms with E-state index in [-0.39, 0.29) is 4.32 Å². The molecule has 1 aromatic rings. The third kappa shape index (κ3) is 4.36.